The number of carbonyl (C=O) groups excluding carboxylic acids is 1. The van der Waals surface area contributed by atoms with Crippen molar-refractivity contribution >= 4 is 40.0 Å². The molecule has 13 heteroatoms. The molecule has 4 rings (SSSR count). The molecule has 0 saturated carbocycles. The summed E-state index contributed by atoms with van der Waals surface area (Å²) in [5.74, 6) is -2.05. The van der Waals surface area contributed by atoms with E-state index < -0.39 is 17.2 Å². The SMILES string of the molecule is C=CC(=O)Nc1cc(Nc2ncc3cc(Oc4ccc(F)cc4F)c(=O)[nH]c3n2)c(OC)cc1N(C)CCN(C)C. The summed E-state index contributed by atoms with van der Waals surface area (Å²) in [7, 11) is 7.35. The van der Waals surface area contributed by atoms with Crippen LogP contribution >= 0.6 is 0 Å². The standard InChI is InChI=1S/C28H29F2N7O4/c1-6-25(38)32-19-13-20(23(40-5)14-21(19)37(4)10-9-36(2)3)33-28-31-15-16-11-24(27(39)34-26(16)35-28)41-22-8-7-17(29)12-18(22)30/h6-8,11-15H,1,9-10H2,2-5H3,(H,32,38)(H2,31,33,34,35,39). The second kappa shape index (κ2) is 12.4. The van der Waals surface area contributed by atoms with E-state index >= 15 is 0 Å². The molecular weight excluding hydrogens is 536 g/mol. The average Bonchev–Trinajstić information content (AvgIpc) is 2.93. The summed E-state index contributed by atoms with van der Waals surface area (Å²) in [6.45, 7) is 4.99. The summed E-state index contributed by atoms with van der Waals surface area (Å²) in [5, 5.41) is 6.28. The minimum Gasteiger partial charge on any atom is -0.494 e. The molecule has 11 nitrogen and oxygen atoms in total. The molecule has 3 N–H and O–H groups in total. The molecule has 0 aliphatic rings. The van der Waals surface area contributed by atoms with Crippen molar-refractivity contribution < 1.29 is 23.0 Å². The number of benzene rings is 2. The van der Waals surface area contributed by atoms with Crippen LogP contribution < -0.4 is 30.6 Å². The van der Waals surface area contributed by atoms with E-state index in [9.17, 15) is 18.4 Å². The zero-order valence-electron chi connectivity index (χ0n) is 22.9. The topological polar surface area (TPSA) is 125 Å². The summed E-state index contributed by atoms with van der Waals surface area (Å²) < 4.78 is 38.2. The number of likely N-dealkylation sites (N-methyl/N-ethyl adjacent to an activating group) is 2. The van der Waals surface area contributed by atoms with Gasteiger partial charge in [-0.2, -0.15) is 4.98 Å². The van der Waals surface area contributed by atoms with E-state index in [1.165, 1.54) is 25.4 Å². The number of ether oxygens (including phenoxy) is 2. The molecule has 2 aromatic heterocycles. The molecule has 0 aliphatic carbocycles. The first-order valence-corrected chi connectivity index (χ1v) is 12.4. The molecule has 1 amide bonds. The molecule has 0 unspecified atom stereocenters. The molecule has 0 radical (unpaired) electrons. The number of halogens is 2. The highest BCUT2D eigenvalue weighted by atomic mass is 19.1. The van der Waals surface area contributed by atoms with Gasteiger partial charge in [-0.25, -0.2) is 13.8 Å². The lowest BCUT2D eigenvalue weighted by atomic mass is 10.2. The van der Waals surface area contributed by atoms with Crippen LogP contribution in [-0.2, 0) is 4.79 Å². The van der Waals surface area contributed by atoms with Crippen LogP contribution in [0.4, 0.5) is 31.8 Å². The smallest absolute Gasteiger partial charge is 0.292 e. The lowest BCUT2D eigenvalue weighted by Crippen LogP contribution is -2.29. The number of H-pyrrole nitrogens is 1. The van der Waals surface area contributed by atoms with Gasteiger partial charge in [-0.3, -0.25) is 9.59 Å². The first kappa shape index (κ1) is 29.0. The Morgan fingerprint density at radius 2 is 1.85 bits per heavy atom. The number of fused-ring (bicyclic) bond motifs is 1. The van der Waals surface area contributed by atoms with Gasteiger partial charge in [-0.05, 0) is 44.4 Å². The highest BCUT2D eigenvalue weighted by molar-refractivity contribution is 6.02. The first-order valence-electron chi connectivity index (χ1n) is 12.4. The van der Waals surface area contributed by atoms with Gasteiger partial charge in [0.1, 0.15) is 17.2 Å². The Morgan fingerprint density at radius 1 is 1.07 bits per heavy atom. The zero-order chi connectivity index (χ0) is 29.7. The van der Waals surface area contributed by atoms with Crippen LogP contribution in [-0.4, -0.2) is 67.1 Å². The van der Waals surface area contributed by atoms with E-state index in [-0.39, 0.29) is 29.0 Å². The van der Waals surface area contributed by atoms with Crippen LogP contribution in [0.25, 0.3) is 11.0 Å². The number of pyridine rings is 1. The highest BCUT2D eigenvalue weighted by Crippen LogP contribution is 2.38. The van der Waals surface area contributed by atoms with E-state index in [0.717, 1.165) is 24.4 Å². The van der Waals surface area contributed by atoms with Gasteiger partial charge >= 0.3 is 0 Å². The minimum atomic E-state index is -0.951. The molecule has 2 heterocycles. The second-order valence-electron chi connectivity index (χ2n) is 9.25. The molecule has 0 atom stereocenters. The Labute approximate surface area is 234 Å². The van der Waals surface area contributed by atoms with Crippen molar-refractivity contribution in [2.75, 3.05) is 56.9 Å². The summed E-state index contributed by atoms with van der Waals surface area (Å²) in [5.41, 5.74) is 1.17. The number of rotatable bonds is 11. The van der Waals surface area contributed by atoms with Gasteiger partial charge in [0.2, 0.25) is 11.9 Å². The van der Waals surface area contributed by atoms with Gasteiger partial charge in [0, 0.05) is 43.9 Å². The third kappa shape index (κ3) is 6.94. The quantitative estimate of drug-likeness (QED) is 0.229. The van der Waals surface area contributed by atoms with Crippen molar-refractivity contribution in [2.45, 2.75) is 0 Å². The lowest BCUT2D eigenvalue weighted by Gasteiger charge is -2.26. The summed E-state index contributed by atoms with van der Waals surface area (Å²) in [6.07, 6.45) is 2.61. The van der Waals surface area contributed by atoms with E-state index in [2.05, 4.69) is 32.2 Å². The van der Waals surface area contributed by atoms with Gasteiger partial charge in [0.25, 0.3) is 5.56 Å². The molecule has 0 aliphatic heterocycles. The van der Waals surface area contributed by atoms with Crippen LogP contribution in [0, 0.1) is 11.6 Å². The number of carbonyl (C=O) groups is 1. The van der Waals surface area contributed by atoms with Crippen LogP contribution in [0.1, 0.15) is 0 Å². The largest absolute Gasteiger partial charge is 0.494 e. The Hall–Kier alpha value is -5.04. The number of methoxy groups -OCH3 is 1. The van der Waals surface area contributed by atoms with Gasteiger partial charge in [0.05, 0.1) is 24.2 Å². The van der Waals surface area contributed by atoms with E-state index in [1.807, 2.05) is 30.9 Å². The number of hydrogen-bond acceptors (Lipinski definition) is 9. The molecule has 41 heavy (non-hydrogen) atoms. The Bertz CT molecular complexity index is 1660. The highest BCUT2D eigenvalue weighted by Gasteiger charge is 2.17. The third-order valence-electron chi connectivity index (χ3n) is 5.97. The Morgan fingerprint density at radius 3 is 2.54 bits per heavy atom. The van der Waals surface area contributed by atoms with E-state index in [1.54, 1.807) is 12.1 Å². The number of aromatic nitrogens is 3. The number of hydrogen-bond donors (Lipinski definition) is 3. The van der Waals surface area contributed by atoms with Crippen molar-refractivity contribution in [2.24, 2.45) is 0 Å². The monoisotopic (exact) mass is 565 g/mol. The summed E-state index contributed by atoms with van der Waals surface area (Å²) in [4.78, 5) is 40.1. The molecule has 2 aromatic carbocycles. The van der Waals surface area contributed by atoms with Gasteiger partial charge in [-0.1, -0.05) is 6.58 Å². The number of anilines is 4. The predicted molar refractivity (Wildman–Crippen MR) is 154 cm³/mol. The van der Waals surface area contributed by atoms with Gasteiger partial charge < -0.3 is 34.9 Å². The number of aromatic amines is 1. The fraction of sp³-hybridized carbons (Fsp3) is 0.214. The van der Waals surface area contributed by atoms with Crippen molar-refractivity contribution in [1.82, 2.24) is 19.9 Å². The maximum absolute atomic E-state index is 14.0. The van der Waals surface area contributed by atoms with Crippen molar-refractivity contribution in [3.05, 3.63) is 77.2 Å². The first-order chi connectivity index (χ1) is 19.6. The van der Waals surface area contributed by atoms with Crippen LogP contribution in [0.5, 0.6) is 17.2 Å². The zero-order valence-corrected chi connectivity index (χ0v) is 22.9. The van der Waals surface area contributed by atoms with E-state index in [4.69, 9.17) is 9.47 Å². The normalized spacial score (nSPS) is 10.9. The fourth-order valence-corrected chi connectivity index (χ4v) is 3.81. The minimum absolute atomic E-state index is 0.124. The Kier molecular flexibility index (Phi) is 8.78. The molecule has 0 bridgehead atoms. The van der Waals surface area contributed by atoms with Crippen molar-refractivity contribution in [3.8, 4) is 17.2 Å². The molecular formula is C28H29F2N7O4. The third-order valence-corrected chi connectivity index (χ3v) is 5.97. The van der Waals surface area contributed by atoms with Gasteiger partial charge in [-0.15, -0.1) is 0 Å². The van der Waals surface area contributed by atoms with Crippen LogP contribution in [0.15, 0.2) is 60.0 Å². The van der Waals surface area contributed by atoms with Crippen LogP contribution in [0.2, 0.25) is 0 Å². The second-order valence-corrected chi connectivity index (χ2v) is 9.25. The fourth-order valence-electron chi connectivity index (χ4n) is 3.81. The number of nitrogens with one attached hydrogen (secondary N) is 3. The van der Waals surface area contributed by atoms with E-state index in [0.29, 0.717) is 35.1 Å². The average molecular weight is 566 g/mol. The summed E-state index contributed by atoms with van der Waals surface area (Å²) in [6, 6.07) is 7.57. The number of amides is 1. The van der Waals surface area contributed by atoms with Gasteiger partial charge in [0.15, 0.2) is 17.3 Å². The van der Waals surface area contributed by atoms with Crippen LogP contribution in [0.3, 0.4) is 0 Å². The van der Waals surface area contributed by atoms with Crippen molar-refractivity contribution in [1.29, 1.82) is 0 Å². The molecule has 0 spiro atoms. The summed E-state index contributed by atoms with van der Waals surface area (Å²) >= 11 is 0. The maximum Gasteiger partial charge on any atom is 0.292 e. The predicted octanol–water partition coefficient (Wildman–Crippen LogP) is 4.26. The molecule has 214 valence electrons. The molecule has 0 saturated heterocycles. The molecule has 4 aromatic rings. The lowest BCUT2D eigenvalue weighted by molar-refractivity contribution is -0.111. The van der Waals surface area contributed by atoms with Crippen molar-refractivity contribution in [3.63, 3.8) is 0 Å². The maximum atomic E-state index is 14.0. The molecule has 0 fully saturated rings. The number of nitrogens with zero attached hydrogens (tertiary/aromatic N) is 4. The Balaban J connectivity index is 1.65.